The van der Waals surface area contributed by atoms with Crippen molar-refractivity contribution in [2.24, 2.45) is 5.73 Å². The van der Waals surface area contributed by atoms with Gasteiger partial charge in [-0.2, -0.15) is 0 Å². The highest BCUT2D eigenvalue weighted by atomic mass is 32.1. The summed E-state index contributed by atoms with van der Waals surface area (Å²) in [6.07, 6.45) is 3.23. The summed E-state index contributed by atoms with van der Waals surface area (Å²) in [7, 11) is 0. The van der Waals surface area contributed by atoms with E-state index in [1.165, 1.54) is 10.8 Å². The Morgan fingerprint density at radius 1 is 1.57 bits per heavy atom. The normalized spacial score (nSPS) is 18.9. The first-order valence-electron chi connectivity index (χ1n) is 5.24. The number of hydrogen-bond donors (Lipinski definition) is 1. The van der Waals surface area contributed by atoms with Crippen molar-refractivity contribution in [3.05, 3.63) is 11.1 Å². The standard InChI is InChI=1S/C10H17N3S/c1-2-9-7-14-10(12-9)13-5-3-8(11)4-6-13/h7-8H,2-6,11H2,1H3. The molecule has 2 rings (SSSR count). The van der Waals surface area contributed by atoms with Crippen LogP contribution in [0.5, 0.6) is 0 Å². The average molecular weight is 211 g/mol. The molecule has 1 saturated heterocycles. The number of nitrogens with zero attached hydrogens (tertiary/aromatic N) is 2. The molecule has 2 N–H and O–H groups in total. The van der Waals surface area contributed by atoms with E-state index in [4.69, 9.17) is 5.73 Å². The number of thiazole rings is 1. The van der Waals surface area contributed by atoms with Gasteiger partial charge in [0.15, 0.2) is 5.13 Å². The molecule has 0 unspecified atom stereocenters. The minimum Gasteiger partial charge on any atom is -0.348 e. The summed E-state index contributed by atoms with van der Waals surface area (Å²) in [6.45, 7) is 4.28. The van der Waals surface area contributed by atoms with Crippen LogP contribution in [0.3, 0.4) is 0 Å². The number of piperidine rings is 1. The molecular formula is C10H17N3S. The molecule has 1 aliphatic rings. The third-order valence-electron chi connectivity index (χ3n) is 2.71. The molecular weight excluding hydrogens is 194 g/mol. The van der Waals surface area contributed by atoms with Gasteiger partial charge in [0.1, 0.15) is 0 Å². The molecule has 3 nitrogen and oxygen atoms in total. The number of anilines is 1. The zero-order valence-corrected chi connectivity index (χ0v) is 9.39. The molecule has 0 saturated carbocycles. The van der Waals surface area contributed by atoms with Gasteiger partial charge in [0.25, 0.3) is 0 Å². The first-order valence-corrected chi connectivity index (χ1v) is 6.12. The SMILES string of the molecule is CCc1csc(N2CCC(N)CC2)n1. The quantitative estimate of drug-likeness (QED) is 0.808. The van der Waals surface area contributed by atoms with Crippen LogP contribution in [0.4, 0.5) is 5.13 Å². The Morgan fingerprint density at radius 3 is 2.86 bits per heavy atom. The zero-order valence-electron chi connectivity index (χ0n) is 8.57. The number of hydrogen-bond acceptors (Lipinski definition) is 4. The van der Waals surface area contributed by atoms with E-state index in [0.29, 0.717) is 6.04 Å². The van der Waals surface area contributed by atoms with Crippen LogP contribution >= 0.6 is 11.3 Å². The molecule has 0 aliphatic carbocycles. The van der Waals surface area contributed by atoms with Crippen LogP contribution in [0.1, 0.15) is 25.5 Å². The zero-order chi connectivity index (χ0) is 9.97. The van der Waals surface area contributed by atoms with Gasteiger partial charge in [-0.25, -0.2) is 4.98 Å². The van der Waals surface area contributed by atoms with Crippen LogP contribution in [0.2, 0.25) is 0 Å². The summed E-state index contributed by atoms with van der Waals surface area (Å²) in [6, 6.07) is 0.400. The summed E-state index contributed by atoms with van der Waals surface area (Å²) < 4.78 is 0. The van der Waals surface area contributed by atoms with E-state index in [2.05, 4.69) is 22.2 Å². The molecule has 1 aliphatic heterocycles. The van der Waals surface area contributed by atoms with Crippen molar-refractivity contribution in [1.29, 1.82) is 0 Å². The van der Waals surface area contributed by atoms with Crippen molar-refractivity contribution < 1.29 is 0 Å². The Morgan fingerprint density at radius 2 is 2.29 bits per heavy atom. The van der Waals surface area contributed by atoms with E-state index >= 15 is 0 Å². The second-order valence-electron chi connectivity index (χ2n) is 3.80. The largest absolute Gasteiger partial charge is 0.348 e. The lowest BCUT2D eigenvalue weighted by atomic mass is 10.1. The molecule has 2 heterocycles. The fourth-order valence-corrected chi connectivity index (χ4v) is 2.66. The molecule has 78 valence electrons. The predicted molar refractivity (Wildman–Crippen MR) is 60.9 cm³/mol. The van der Waals surface area contributed by atoms with Crippen molar-refractivity contribution in [2.75, 3.05) is 18.0 Å². The van der Waals surface area contributed by atoms with Crippen LogP contribution in [0, 0.1) is 0 Å². The summed E-state index contributed by atoms with van der Waals surface area (Å²) in [4.78, 5) is 6.94. The second kappa shape index (κ2) is 4.28. The lowest BCUT2D eigenvalue weighted by Gasteiger charge is -2.29. The van der Waals surface area contributed by atoms with Gasteiger partial charge >= 0.3 is 0 Å². The number of rotatable bonds is 2. The highest BCUT2D eigenvalue weighted by Gasteiger charge is 2.18. The van der Waals surface area contributed by atoms with Gasteiger partial charge in [-0.15, -0.1) is 11.3 Å². The van der Waals surface area contributed by atoms with Crippen LogP contribution < -0.4 is 10.6 Å². The topological polar surface area (TPSA) is 42.1 Å². The van der Waals surface area contributed by atoms with E-state index in [0.717, 1.165) is 32.4 Å². The monoisotopic (exact) mass is 211 g/mol. The van der Waals surface area contributed by atoms with Gasteiger partial charge in [0.05, 0.1) is 5.69 Å². The van der Waals surface area contributed by atoms with Crippen LogP contribution in [0.15, 0.2) is 5.38 Å². The Hall–Kier alpha value is -0.610. The minimum absolute atomic E-state index is 0.400. The van der Waals surface area contributed by atoms with Crippen molar-refractivity contribution in [2.45, 2.75) is 32.2 Å². The Balaban J connectivity index is 2.01. The van der Waals surface area contributed by atoms with Gasteiger partial charge in [0.2, 0.25) is 0 Å². The van der Waals surface area contributed by atoms with E-state index in [1.54, 1.807) is 11.3 Å². The summed E-state index contributed by atoms with van der Waals surface area (Å²) in [5.41, 5.74) is 7.07. The smallest absolute Gasteiger partial charge is 0.185 e. The van der Waals surface area contributed by atoms with Crippen LogP contribution in [-0.4, -0.2) is 24.1 Å². The molecule has 14 heavy (non-hydrogen) atoms. The maximum atomic E-state index is 5.86. The van der Waals surface area contributed by atoms with Crippen LogP contribution in [0.25, 0.3) is 0 Å². The Bertz CT molecular complexity index is 289. The Labute approximate surface area is 88.9 Å². The molecule has 1 fully saturated rings. The van der Waals surface area contributed by atoms with Crippen molar-refractivity contribution in [3.8, 4) is 0 Å². The van der Waals surface area contributed by atoms with Gasteiger partial charge in [0, 0.05) is 24.5 Å². The number of nitrogens with two attached hydrogens (primary N) is 1. The lowest BCUT2D eigenvalue weighted by Crippen LogP contribution is -2.39. The third-order valence-corrected chi connectivity index (χ3v) is 3.66. The van der Waals surface area contributed by atoms with Gasteiger partial charge < -0.3 is 10.6 Å². The minimum atomic E-state index is 0.400. The maximum absolute atomic E-state index is 5.86. The fourth-order valence-electron chi connectivity index (χ4n) is 1.69. The van der Waals surface area contributed by atoms with E-state index < -0.39 is 0 Å². The van der Waals surface area contributed by atoms with Crippen molar-refractivity contribution >= 4 is 16.5 Å². The second-order valence-corrected chi connectivity index (χ2v) is 4.64. The first kappa shape index (κ1) is 9.93. The van der Waals surface area contributed by atoms with Crippen LogP contribution in [-0.2, 0) is 6.42 Å². The van der Waals surface area contributed by atoms with Crippen molar-refractivity contribution in [3.63, 3.8) is 0 Å². The maximum Gasteiger partial charge on any atom is 0.185 e. The number of aromatic nitrogens is 1. The van der Waals surface area contributed by atoms with E-state index in [1.807, 2.05) is 0 Å². The molecule has 4 heteroatoms. The van der Waals surface area contributed by atoms with Gasteiger partial charge in [-0.05, 0) is 19.3 Å². The molecule has 0 atom stereocenters. The average Bonchev–Trinajstić information content (AvgIpc) is 2.67. The van der Waals surface area contributed by atoms with Crippen molar-refractivity contribution in [1.82, 2.24) is 4.98 Å². The molecule has 1 aromatic heterocycles. The molecule has 0 spiro atoms. The summed E-state index contributed by atoms with van der Waals surface area (Å²) in [5, 5.41) is 3.33. The summed E-state index contributed by atoms with van der Waals surface area (Å²) >= 11 is 1.76. The highest BCUT2D eigenvalue weighted by molar-refractivity contribution is 7.13. The van der Waals surface area contributed by atoms with Gasteiger partial charge in [-0.1, -0.05) is 6.92 Å². The Kier molecular flexibility index (Phi) is 3.03. The third kappa shape index (κ3) is 2.07. The van der Waals surface area contributed by atoms with Gasteiger partial charge in [-0.3, -0.25) is 0 Å². The molecule has 0 radical (unpaired) electrons. The predicted octanol–water partition coefficient (Wildman–Crippen LogP) is 1.63. The van der Waals surface area contributed by atoms with E-state index in [9.17, 15) is 0 Å². The number of aryl methyl sites for hydroxylation is 1. The molecule has 1 aromatic rings. The molecule has 0 aromatic carbocycles. The fraction of sp³-hybridized carbons (Fsp3) is 0.700. The molecule has 0 bridgehead atoms. The van der Waals surface area contributed by atoms with E-state index in [-0.39, 0.29) is 0 Å². The lowest BCUT2D eigenvalue weighted by molar-refractivity contribution is 0.500. The summed E-state index contributed by atoms with van der Waals surface area (Å²) in [5.74, 6) is 0. The highest BCUT2D eigenvalue weighted by Crippen LogP contribution is 2.23. The molecule has 0 amide bonds. The first-order chi connectivity index (χ1) is 6.79.